The number of hydrogen-bond donors (Lipinski definition) is 3. The first kappa shape index (κ1) is 17.5. The van der Waals surface area contributed by atoms with Crippen molar-refractivity contribution in [3.63, 3.8) is 0 Å². The van der Waals surface area contributed by atoms with Gasteiger partial charge in [-0.3, -0.25) is 15.0 Å². The molecule has 0 saturated heterocycles. The van der Waals surface area contributed by atoms with Crippen LogP contribution in [0.2, 0.25) is 0 Å². The Morgan fingerprint density at radius 3 is 2.33 bits per heavy atom. The van der Waals surface area contributed by atoms with E-state index in [2.05, 4.69) is 5.32 Å². The van der Waals surface area contributed by atoms with Crippen LogP contribution >= 0.6 is 0 Å². The van der Waals surface area contributed by atoms with Crippen molar-refractivity contribution in [1.29, 1.82) is 0 Å². The SMILES string of the molecule is Cc1ccc(NC(=O)c2ccc(O[C@H](C)C(=O)NN)cc2)c(C)c1. The summed E-state index contributed by atoms with van der Waals surface area (Å²) in [7, 11) is 0. The number of hydrazine groups is 1. The van der Waals surface area contributed by atoms with Crippen molar-refractivity contribution in [2.45, 2.75) is 26.9 Å². The summed E-state index contributed by atoms with van der Waals surface area (Å²) in [5.41, 5.74) is 5.44. The van der Waals surface area contributed by atoms with E-state index in [0.29, 0.717) is 11.3 Å². The molecule has 0 spiro atoms. The molecule has 0 unspecified atom stereocenters. The second kappa shape index (κ2) is 7.61. The molecular formula is C18H21N3O3. The first-order valence-electron chi connectivity index (χ1n) is 7.56. The van der Waals surface area contributed by atoms with Gasteiger partial charge in [0.05, 0.1) is 0 Å². The summed E-state index contributed by atoms with van der Waals surface area (Å²) in [4.78, 5) is 23.6. The first-order chi connectivity index (χ1) is 11.4. The van der Waals surface area contributed by atoms with Gasteiger partial charge in [-0.2, -0.15) is 0 Å². The molecule has 6 nitrogen and oxygen atoms in total. The van der Waals surface area contributed by atoms with Gasteiger partial charge < -0.3 is 10.1 Å². The van der Waals surface area contributed by atoms with Crippen molar-refractivity contribution in [3.8, 4) is 5.75 Å². The van der Waals surface area contributed by atoms with Gasteiger partial charge in [0.15, 0.2) is 6.10 Å². The Kier molecular flexibility index (Phi) is 5.55. The predicted molar refractivity (Wildman–Crippen MR) is 92.7 cm³/mol. The maximum Gasteiger partial charge on any atom is 0.274 e. The van der Waals surface area contributed by atoms with Gasteiger partial charge in [-0.05, 0) is 56.7 Å². The van der Waals surface area contributed by atoms with E-state index in [1.807, 2.05) is 37.5 Å². The van der Waals surface area contributed by atoms with Crippen molar-refractivity contribution in [3.05, 3.63) is 59.2 Å². The molecule has 0 aliphatic carbocycles. The van der Waals surface area contributed by atoms with Crippen LogP contribution in [-0.2, 0) is 4.79 Å². The van der Waals surface area contributed by atoms with E-state index >= 15 is 0 Å². The van der Waals surface area contributed by atoms with E-state index in [0.717, 1.165) is 16.8 Å². The monoisotopic (exact) mass is 327 g/mol. The van der Waals surface area contributed by atoms with Gasteiger partial charge in [0.1, 0.15) is 5.75 Å². The third-order valence-electron chi connectivity index (χ3n) is 3.57. The van der Waals surface area contributed by atoms with Crippen LogP contribution in [0.25, 0.3) is 0 Å². The molecule has 4 N–H and O–H groups in total. The zero-order valence-electron chi connectivity index (χ0n) is 13.9. The second-order valence-electron chi connectivity index (χ2n) is 5.57. The smallest absolute Gasteiger partial charge is 0.274 e. The van der Waals surface area contributed by atoms with Crippen molar-refractivity contribution in [2.24, 2.45) is 5.84 Å². The Balaban J connectivity index is 2.04. The van der Waals surface area contributed by atoms with E-state index in [-0.39, 0.29) is 5.91 Å². The molecule has 0 aliphatic heterocycles. The summed E-state index contributed by atoms with van der Waals surface area (Å²) in [6.45, 7) is 5.54. The summed E-state index contributed by atoms with van der Waals surface area (Å²) >= 11 is 0. The standard InChI is InChI=1S/C18H21N3O3/c1-11-4-9-16(12(2)10-11)20-18(23)14-5-7-15(8-6-14)24-13(3)17(22)21-19/h4-10,13H,19H2,1-3H3,(H,20,23)(H,21,22)/t13-/m1/s1. The highest BCUT2D eigenvalue weighted by Gasteiger charge is 2.13. The fourth-order valence-electron chi connectivity index (χ4n) is 2.21. The number of aryl methyl sites for hydroxylation is 2. The molecule has 6 heteroatoms. The summed E-state index contributed by atoms with van der Waals surface area (Å²) < 4.78 is 5.43. The topological polar surface area (TPSA) is 93.4 Å². The van der Waals surface area contributed by atoms with Crippen LogP contribution < -0.4 is 21.3 Å². The first-order valence-corrected chi connectivity index (χ1v) is 7.56. The zero-order valence-corrected chi connectivity index (χ0v) is 13.9. The lowest BCUT2D eigenvalue weighted by atomic mass is 10.1. The highest BCUT2D eigenvalue weighted by molar-refractivity contribution is 6.04. The van der Waals surface area contributed by atoms with E-state index in [1.165, 1.54) is 0 Å². The van der Waals surface area contributed by atoms with Gasteiger partial charge in [0.2, 0.25) is 0 Å². The molecule has 2 rings (SSSR count). The van der Waals surface area contributed by atoms with Gasteiger partial charge in [0, 0.05) is 11.3 Å². The van der Waals surface area contributed by atoms with Crippen molar-refractivity contribution < 1.29 is 14.3 Å². The molecule has 0 aliphatic rings. The maximum absolute atomic E-state index is 12.3. The number of nitrogens with one attached hydrogen (secondary N) is 2. The minimum absolute atomic E-state index is 0.207. The normalized spacial score (nSPS) is 11.5. The van der Waals surface area contributed by atoms with Crippen LogP contribution in [-0.4, -0.2) is 17.9 Å². The Morgan fingerprint density at radius 2 is 1.75 bits per heavy atom. The molecule has 24 heavy (non-hydrogen) atoms. The number of carbonyl (C=O) groups is 2. The molecule has 0 saturated carbocycles. The van der Waals surface area contributed by atoms with Gasteiger partial charge in [-0.25, -0.2) is 5.84 Å². The zero-order chi connectivity index (χ0) is 17.7. The Hall–Kier alpha value is -2.86. The quantitative estimate of drug-likeness (QED) is 0.446. The van der Waals surface area contributed by atoms with Gasteiger partial charge in [-0.1, -0.05) is 17.7 Å². The lowest BCUT2D eigenvalue weighted by Gasteiger charge is -2.13. The van der Waals surface area contributed by atoms with E-state index in [9.17, 15) is 9.59 Å². The Bertz CT molecular complexity index is 742. The fourth-order valence-corrected chi connectivity index (χ4v) is 2.21. The second-order valence-corrected chi connectivity index (χ2v) is 5.57. The van der Waals surface area contributed by atoms with Gasteiger partial charge in [-0.15, -0.1) is 0 Å². The predicted octanol–water partition coefficient (Wildman–Crippen LogP) is 2.31. The van der Waals surface area contributed by atoms with Crippen LogP contribution in [0.1, 0.15) is 28.4 Å². The molecule has 2 aromatic rings. The van der Waals surface area contributed by atoms with E-state index in [1.54, 1.807) is 31.2 Å². The number of anilines is 1. The lowest BCUT2D eigenvalue weighted by molar-refractivity contribution is -0.127. The number of hydrogen-bond acceptors (Lipinski definition) is 4. The Morgan fingerprint density at radius 1 is 1.08 bits per heavy atom. The average molecular weight is 327 g/mol. The van der Waals surface area contributed by atoms with Crippen LogP contribution in [0.3, 0.4) is 0 Å². The molecule has 0 aromatic heterocycles. The maximum atomic E-state index is 12.3. The van der Waals surface area contributed by atoms with Crippen LogP contribution in [0.15, 0.2) is 42.5 Å². The molecule has 0 heterocycles. The molecule has 2 amide bonds. The van der Waals surface area contributed by atoms with Crippen molar-refractivity contribution in [2.75, 3.05) is 5.32 Å². The van der Waals surface area contributed by atoms with Gasteiger partial charge in [0.25, 0.3) is 11.8 Å². The molecule has 0 radical (unpaired) electrons. The number of nitrogens with two attached hydrogens (primary N) is 1. The largest absolute Gasteiger partial charge is 0.481 e. The molecule has 126 valence electrons. The highest BCUT2D eigenvalue weighted by Crippen LogP contribution is 2.19. The van der Waals surface area contributed by atoms with Crippen LogP contribution in [0.4, 0.5) is 5.69 Å². The summed E-state index contributed by atoms with van der Waals surface area (Å²) in [5.74, 6) is 4.90. The average Bonchev–Trinajstić information content (AvgIpc) is 2.57. The van der Waals surface area contributed by atoms with Crippen LogP contribution in [0.5, 0.6) is 5.75 Å². The molecule has 1 atom stereocenters. The Labute approximate surface area is 141 Å². The van der Waals surface area contributed by atoms with E-state index in [4.69, 9.17) is 10.6 Å². The van der Waals surface area contributed by atoms with E-state index < -0.39 is 12.0 Å². The molecule has 0 fully saturated rings. The van der Waals surface area contributed by atoms with Crippen molar-refractivity contribution >= 4 is 17.5 Å². The third-order valence-corrected chi connectivity index (χ3v) is 3.57. The molecule has 0 bridgehead atoms. The summed E-state index contributed by atoms with van der Waals surface area (Å²) in [6, 6.07) is 12.4. The molecule has 2 aromatic carbocycles. The van der Waals surface area contributed by atoms with Gasteiger partial charge >= 0.3 is 0 Å². The van der Waals surface area contributed by atoms with Crippen LogP contribution in [0, 0.1) is 13.8 Å². The minimum atomic E-state index is -0.718. The number of amides is 2. The number of carbonyl (C=O) groups excluding carboxylic acids is 2. The highest BCUT2D eigenvalue weighted by atomic mass is 16.5. The fraction of sp³-hybridized carbons (Fsp3) is 0.222. The summed E-state index contributed by atoms with van der Waals surface area (Å²) in [5, 5.41) is 2.88. The summed E-state index contributed by atoms with van der Waals surface area (Å²) in [6.07, 6.45) is -0.718. The lowest BCUT2D eigenvalue weighted by Crippen LogP contribution is -2.40. The number of ether oxygens (including phenoxy) is 1. The van der Waals surface area contributed by atoms with Crippen molar-refractivity contribution in [1.82, 2.24) is 5.43 Å². The molecular weight excluding hydrogens is 306 g/mol. The minimum Gasteiger partial charge on any atom is -0.481 e. The number of benzene rings is 2. The number of rotatable bonds is 5. The third kappa shape index (κ3) is 4.33.